The van der Waals surface area contributed by atoms with Crippen molar-refractivity contribution < 1.29 is 9.18 Å². The third kappa shape index (κ3) is 5.01. The number of hydrogen-bond donors (Lipinski definition) is 1. The first-order valence-corrected chi connectivity index (χ1v) is 8.26. The van der Waals surface area contributed by atoms with Gasteiger partial charge in [0.05, 0.1) is 6.54 Å². The molecule has 0 saturated heterocycles. The molecule has 0 saturated carbocycles. The van der Waals surface area contributed by atoms with Crippen molar-refractivity contribution in [3.8, 4) is 0 Å². The number of aromatic nitrogens is 2. The molecule has 4 nitrogen and oxygen atoms in total. The standard InChI is InChI=1S/C20H20FN3O/c21-19-9-6-16(7-10-19)8-11-20(25)22-14-17-4-1-2-5-18(17)15-24-13-3-12-23-24/h1-7,9-10,12-13H,8,11,14-15H2,(H,22,25). The minimum Gasteiger partial charge on any atom is -0.352 e. The van der Waals surface area contributed by atoms with Crippen molar-refractivity contribution in [2.75, 3.05) is 0 Å². The van der Waals surface area contributed by atoms with E-state index in [1.807, 2.05) is 41.2 Å². The van der Waals surface area contributed by atoms with Crippen LogP contribution >= 0.6 is 0 Å². The van der Waals surface area contributed by atoms with Crippen LogP contribution in [0.25, 0.3) is 0 Å². The number of aryl methyl sites for hydroxylation is 1. The molecule has 3 rings (SSSR count). The monoisotopic (exact) mass is 337 g/mol. The maximum absolute atomic E-state index is 12.9. The van der Waals surface area contributed by atoms with Gasteiger partial charge >= 0.3 is 0 Å². The van der Waals surface area contributed by atoms with Crippen LogP contribution in [0.4, 0.5) is 4.39 Å². The van der Waals surface area contributed by atoms with Crippen molar-refractivity contribution in [2.45, 2.75) is 25.9 Å². The third-order valence-corrected chi connectivity index (χ3v) is 4.04. The molecule has 0 unspecified atom stereocenters. The lowest BCUT2D eigenvalue weighted by atomic mass is 10.1. The largest absolute Gasteiger partial charge is 0.352 e. The topological polar surface area (TPSA) is 46.9 Å². The second-order valence-electron chi connectivity index (χ2n) is 5.88. The zero-order chi connectivity index (χ0) is 17.5. The van der Waals surface area contributed by atoms with E-state index in [9.17, 15) is 9.18 Å². The van der Waals surface area contributed by atoms with Crippen molar-refractivity contribution in [3.05, 3.63) is 89.5 Å². The van der Waals surface area contributed by atoms with Crippen LogP contribution in [0.3, 0.4) is 0 Å². The molecule has 1 heterocycles. The molecule has 128 valence electrons. The smallest absolute Gasteiger partial charge is 0.220 e. The SMILES string of the molecule is O=C(CCc1ccc(F)cc1)NCc1ccccc1Cn1cccn1. The molecule has 0 atom stereocenters. The van der Waals surface area contributed by atoms with E-state index in [0.29, 0.717) is 25.9 Å². The predicted molar refractivity (Wildman–Crippen MR) is 94.3 cm³/mol. The van der Waals surface area contributed by atoms with E-state index in [1.54, 1.807) is 18.3 Å². The molecule has 1 N–H and O–H groups in total. The molecule has 1 aromatic heterocycles. The Morgan fingerprint density at radius 2 is 1.80 bits per heavy atom. The van der Waals surface area contributed by atoms with Crippen molar-refractivity contribution >= 4 is 5.91 Å². The van der Waals surface area contributed by atoms with E-state index in [2.05, 4.69) is 10.4 Å². The van der Waals surface area contributed by atoms with Crippen molar-refractivity contribution in [1.29, 1.82) is 0 Å². The van der Waals surface area contributed by atoms with Gasteiger partial charge in [-0.2, -0.15) is 5.10 Å². The molecule has 0 aliphatic heterocycles. The van der Waals surface area contributed by atoms with Crippen LogP contribution in [-0.2, 0) is 24.3 Å². The van der Waals surface area contributed by atoms with E-state index in [-0.39, 0.29) is 11.7 Å². The summed E-state index contributed by atoms with van der Waals surface area (Å²) in [5, 5.41) is 7.18. The highest BCUT2D eigenvalue weighted by Gasteiger charge is 2.06. The van der Waals surface area contributed by atoms with Crippen LogP contribution < -0.4 is 5.32 Å². The Bertz CT molecular complexity index is 813. The maximum atomic E-state index is 12.9. The van der Waals surface area contributed by atoms with Crippen molar-refractivity contribution in [2.24, 2.45) is 0 Å². The minimum absolute atomic E-state index is 0.0155. The van der Waals surface area contributed by atoms with Crippen molar-refractivity contribution in [1.82, 2.24) is 15.1 Å². The Morgan fingerprint density at radius 3 is 2.52 bits per heavy atom. The Labute approximate surface area is 146 Å². The fourth-order valence-corrected chi connectivity index (χ4v) is 2.64. The van der Waals surface area contributed by atoms with E-state index in [4.69, 9.17) is 0 Å². The average Bonchev–Trinajstić information content (AvgIpc) is 3.13. The number of rotatable bonds is 7. The lowest BCUT2D eigenvalue weighted by molar-refractivity contribution is -0.121. The number of carbonyl (C=O) groups excluding carboxylic acids is 1. The first kappa shape index (κ1) is 16.9. The third-order valence-electron chi connectivity index (χ3n) is 4.04. The van der Waals surface area contributed by atoms with Crippen molar-refractivity contribution in [3.63, 3.8) is 0 Å². The number of benzene rings is 2. The molecule has 0 aliphatic carbocycles. The molecule has 25 heavy (non-hydrogen) atoms. The van der Waals surface area contributed by atoms with Gasteiger partial charge in [-0.3, -0.25) is 9.48 Å². The van der Waals surface area contributed by atoms with Crippen LogP contribution in [0.2, 0.25) is 0 Å². The van der Waals surface area contributed by atoms with Gasteiger partial charge in [-0.25, -0.2) is 4.39 Å². The lowest BCUT2D eigenvalue weighted by Gasteiger charge is -2.11. The molecule has 2 aromatic carbocycles. The second kappa shape index (κ2) is 8.24. The highest BCUT2D eigenvalue weighted by atomic mass is 19.1. The normalized spacial score (nSPS) is 10.6. The molecule has 0 aliphatic rings. The molecule has 0 bridgehead atoms. The molecular weight excluding hydrogens is 317 g/mol. The number of nitrogens with one attached hydrogen (secondary N) is 1. The van der Waals surface area contributed by atoms with E-state index >= 15 is 0 Å². The molecule has 5 heteroatoms. The van der Waals surface area contributed by atoms with Crippen LogP contribution in [0.5, 0.6) is 0 Å². The number of halogens is 1. The summed E-state index contributed by atoms with van der Waals surface area (Å²) in [6.45, 7) is 1.16. The van der Waals surface area contributed by atoms with E-state index < -0.39 is 0 Å². The first-order valence-electron chi connectivity index (χ1n) is 8.26. The Balaban J connectivity index is 1.52. The second-order valence-corrected chi connectivity index (χ2v) is 5.88. The highest BCUT2D eigenvalue weighted by molar-refractivity contribution is 5.76. The van der Waals surface area contributed by atoms with Crippen LogP contribution in [0, 0.1) is 5.82 Å². The van der Waals surface area contributed by atoms with Gasteiger partial charge in [-0.1, -0.05) is 36.4 Å². The van der Waals surface area contributed by atoms with E-state index in [1.165, 1.54) is 12.1 Å². The summed E-state index contributed by atoms with van der Waals surface area (Å²) in [5.41, 5.74) is 3.16. The summed E-state index contributed by atoms with van der Waals surface area (Å²) in [6.07, 6.45) is 4.64. The van der Waals surface area contributed by atoms with Gasteiger partial charge in [0.2, 0.25) is 5.91 Å². The number of nitrogens with zero attached hydrogens (tertiary/aromatic N) is 2. The van der Waals surface area contributed by atoms with Gasteiger partial charge in [0.1, 0.15) is 5.82 Å². The maximum Gasteiger partial charge on any atom is 0.220 e. The Hall–Kier alpha value is -2.95. The van der Waals surface area contributed by atoms with E-state index in [0.717, 1.165) is 16.7 Å². The average molecular weight is 337 g/mol. The van der Waals surface area contributed by atoms with Gasteiger partial charge < -0.3 is 5.32 Å². The number of amides is 1. The first-order chi connectivity index (χ1) is 12.2. The fourth-order valence-electron chi connectivity index (χ4n) is 2.64. The molecular formula is C20H20FN3O. The van der Waals surface area contributed by atoms with Gasteiger partial charge in [-0.15, -0.1) is 0 Å². The van der Waals surface area contributed by atoms with Crippen LogP contribution in [0.15, 0.2) is 67.0 Å². The zero-order valence-corrected chi connectivity index (χ0v) is 13.9. The number of carbonyl (C=O) groups is 1. The van der Waals surface area contributed by atoms with Gasteiger partial charge in [0.25, 0.3) is 0 Å². The Kier molecular flexibility index (Phi) is 5.57. The molecule has 0 radical (unpaired) electrons. The van der Waals surface area contributed by atoms with Gasteiger partial charge in [0.15, 0.2) is 0 Å². The van der Waals surface area contributed by atoms with Gasteiger partial charge in [0, 0.05) is 25.4 Å². The fraction of sp³-hybridized carbons (Fsp3) is 0.200. The molecule has 0 fully saturated rings. The number of hydrogen-bond acceptors (Lipinski definition) is 2. The predicted octanol–water partition coefficient (Wildman–Crippen LogP) is 3.32. The Morgan fingerprint density at radius 1 is 1.04 bits per heavy atom. The summed E-state index contributed by atoms with van der Waals surface area (Å²) in [7, 11) is 0. The molecule has 0 spiro atoms. The molecule has 1 amide bonds. The van der Waals surface area contributed by atoms with Gasteiger partial charge in [-0.05, 0) is 41.3 Å². The lowest BCUT2D eigenvalue weighted by Crippen LogP contribution is -2.23. The minimum atomic E-state index is -0.262. The quantitative estimate of drug-likeness (QED) is 0.719. The zero-order valence-electron chi connectivity index (χ0n) is 13.9. The van der Waals surface area contributed by atoms with Crippen LogP contribution in [0.1, 0.15) is 23.1 Å². The summed E-state index contributed by atoms with van der Waals surface area (Å²) in [6, 6.07) is 16.1. The summed E-state index contributed by atoms with van der Waals surface area (Å²) >= 11 is 0. The molecule has 3 aromatic rings. The van der Waals surface area contributed by atoms with Crippen LogP contribution in [-0.4, -0.2) is 15.7 Å². The summed E-state index contributed by atoms with van der Waals surface area (Å²) in [5.74, 6) is -0.278. The highest BCUT2D eigenvalue weighted by Crippen LogP contribution is 2.11. The summed E-state index contributed by atoms with van der Waals surface area (Å²) < 4.78 is 14.7. The summed E-state index contributed by atoms with van der Waals surface area (Å²) in [4.78, 5) is 12.1.